The number of anilines is 1. The molecule has 0 radical (unpaired) electrons. The van der Waals surface area contributed by atoms with E-state index in [1.54, 1.807) is 17.5 Å². The number of amides is 1. The normalized spacial score (nSPS) is 21.5. The minimum Gasteiger partial charge on any atom is -0.391 e. The van der Waals surface area contributed by atoms with Crippen LogP contribution in [0.15, 0.2) is 36.1 Å². The number of piperidine rings is 2. The number of aromatic nitrogens is 3. The average molecular weight is 426 g/mol. The van der Waals surface area contributed by atoms with Gasteiger partial charge in [0.05, 0.1) is 18.2 Å². The molecule has 1 amide bonds. The smallest absolute Gasteiger partial charge is 0.228 e. The maximum absolute atomic E-state index is 13.2. The van der Waals surface area contributed by atoms with Gasteiger partial charge in [-0.2, -0.15) is 0 Å². The summed E-state index contributed by atoms with van der Waals surface area (Å²) in [7, 11) is 0. The average Bonchev–Trinajstić information content (AvgIpc) is 3.39. The first-order chi connectivity index (χ1) is 14.5. The van der Waals surface area contributed by atoms with Gasteiger partial charge in [0.25, 0.3) is 0 Å². The lowest BCUT2D eigenvalue weighted by atomic mass is 9.71. The first-order valence-electron chi connectivity index (χ1n) is 10.5. The number of nitrogens with zero attached hydrogens (tertiary/aromatic N) is 5. The van der Waals surface area contributed by atoms with Crippen molar-refractivity contribution in [2.75, 3.05) is 31.1 Å². The lowest BCUT2D eigenvalue weighted by Crippen LogP contribution is -2.55. The molecule has 7 nitrogen and oxygen atoms in total. The molecule has 0 saturated carbocycles. The standard InChI is InChI=1S/C22H27N5O2S/c1-16-3-2-7-27-17(13-24-20(16)27)11-19(29)26-14-18(28)12-22(15-26)4-8-25(9-5-22)21-23-6-10-30-21/h2-3,6-7,10,13,18,28H,4-5,8-9,11-12,14-15H2,1H3. The lowest BCUT2D eigenvalue weighted by molar-refractivity contribution is -0.138. The summed E-state index contributed by atoms with van der Waals surface area (Å²) >= 11 is 1.67. The number of likely N-dealkylation sites (tertiary alicyclic amines) is 1. The molecule has 2 saturated heterocycles. The molecule has 1 spiro atoms. The number of aliphatic hydroxyl groups is 1. The van der Waals surface area contributed by atoms with E-state index < -0.39 is 6.10 Å². The molecule has 1 N–H and O–H groups in total. The highest BCUT2D eigenvalue weighted by molar-refractivity contribution is 7.13. The van der Waals surface area contributed by atoms with Gasteiger partial charge in [-0.15, -0.1) is 11.3 Å². The van der Waals surface area contributed by atoms with E-state index >= 15 is 0 Å². The van der Waals surface area contributed by atoms with Crippen LogP contribution in [0.5, 0.6) is 0 Å². The molecule has 2 fully saturated rings. The molecule has 2 aliphatic heterocycles. The van der Waals surface area contributed by atoms with Crippen molar-refractivity contribution in [3.63, 3.8) is 0 Å². The number of carbonyl (C=O) groups excluding carboxylic acids is 1. The van der Waals surface area contributed by atoms with E-state index in [0.29, 0.717) is 13.0 Å². The summed E-state index contributed by atoms with van der Waals surface area (Å²) < 4.78 is 2.00. The van der Waals surface area contributed by atoms with Crippen molar-refractivity contribution >= 4 is 28.0 Å². The Morgan fingerprint density at radius 3 is 2.93 bits per heavy atom. The van der Waals surface area contributed by atoms with Crippen molar-refractivity contribution in [2.24, 2.45) is 5.41 Å². The Hall–Kier alpha value is -2.45. The number of aryl methyl sites for hydroxylation is 1. The summed E-state index contributed by atoms with van der Waals surface area (Å²) in [5.74, 6) is 0.0683. The van der Waals surface area contributed by atoms with Crippen LogP contribution >= 0.6 is 11.3 Å². The number of hydrogen-bond acceptors (Lipinski definition) is 6. The monoisotopic (exact) mass is 425 g/mol. The Morgan fingerprint density at radius 2 is 2.17 bits per heavy atom. The Morgan fingerprint density at radius 1 is 1.33 bits per heavy atom. The molecule has 0 aromatic carbocycles. The fraction of sp³-hybridized carbons (Fsp3) is 0.500. The van der Waals surface area contributed by atoms with E-state index in [1.807, 2.05) is 46.1 Å². The number of rotatable bonds is 3. The molecule has 8 heteroatoms. The third-order valence-electron chi connectivity index (χ3n) is 6.63. The molecule has 3 aromatic rings. The van der Waals surface area contributed by atoms with Gasteiger partial charge in [0.1, 0.15) is 5.65 Å². The van der Waals surface area contributed by atoms with Crippen molar-refractivity contribution in [2.45, 2.75) is 38.7 Å². The van der Waals surface area contributed by atoms with E-state index in [-0.39, 0.29) is 11.3 Å². The summed E-state index contributed by atoms with van der Waals surface area (Å²) in [6, 6.07) is 4.00. The minimum atomic E-state index is -0.460. The summed E-state index contributed by atoms with van der Waals surface area (Å²) in [4.78, 5) is 26.3. The van der Waals surface area contributed by atoms with Gasteiger partial charge in [-0.25, -0.2) is 9.97 Å². The van der Waals surface area contributed by atoms with Gasteiger partial charge in [-0.05, 0) is 43.2 Å². The highest BCUT2D eigenvalue weighted by atomic mass is 32.1. The van der Waals surface area contributed by atoms with Crippen molar-refractivity contribution in [1.29, 1.82) is 0 Å². The van der Waals surface area contributed by atoms with E-state index in [4.69, 9.17) is 0 Å². The quantitative estimate of drug-likeness (QED) is 0.698. The largest absolute Gasteiger partial charge is 0.391 e. The SMILES string of the molecule is Cc1cccn2c(CC(=O)N3CC(O)CC4(CCN(c5nccs5)CC4)C3)cnc12. The van der Waals surface area contributed by atoms with Gasteiger partial charge in [0.15, 0.2) is 5.13 Å². The third kappa shape index (κ3) is 3.58. The molecular weight excluding hydrogens is 398 g/mol. The van der Waals surface area contributed by atoms with Crippen molar-refractivity contribution in [1.82, 2.24) is 19.3 Å². The molecule has 5 heterocycles. The first kappa shape index (κ1) is 19.5. The summed E-state index contributed by atoms with van der Waals surface area (Å²) in [6.45, 7) is 5.03. The van der Waals surface area contributed by atoms with Crippen LogP contribution in [0.3, 0.4) is 0 Å². The fourth-order valence-electron chi connectivity index (χ4n) is 5.05. The number of aliphatic hydroxyl groups excluding tert-OH is 1. The second kappa shape index (κ2) is 7.67. The number of β-amino-alcohol motifs (C(OH)–C–C–N with tert-alkyl or cyclic N) is 1. The number of hydrogen-bond donors (Lipinski definition) is 1. The molecule has 3 aromatic heterocycles. The van der Waals surface area contributed by atoms with Crippen molar-refractivity contribution in [3.05, 3.63) is 47.4 Å². The van der Waals surface area contributed by atoms with Crippen LogP contribution < -0.4 is 4.90 Å². The zero-order chi connectivity index (χ0) is 20.7. The molecule has 1 unspecified atom stereocenters. The summed E-state index contributed by atoms with van der Waals surface area (Å²) in [5, 5.41) is 13.7. The topological polar surface area (TPSA) is 74.0 Å². The molecule has 5 rings (SSSR count). The predicted molar refractivity (Wildman–Crippen MR) is 117 cm³/mol. The van der Waals surface area contributed by atoms with E-state index in [9.17, 15) is 9.90 Å². The predicted octanol–water partition coefficient (Wildman–Crippen LogP) is 2.52. The zero-order valence-electron chi connectivity index (χ0n) is 17.2. The Labute approximate surface area is 180 Å². The zero-order valence-corrected chi connectivity index (χ0v) is 18.0. The molecule has 0 bridgehead atoms. The lowest BCUT2D eigenvalue weighted by Gasteiger charge is -2.49. The van der Waals surface area contributed by atoms with Gasteiger partial charge in [0, 0.05) is 50.1 Å². The van der Waals surface area contributed by atoms with E-state index in [0.717, 1.165) is 60.9 Å². The number of thiazole rings is 1. The van der Waals surface area contributed by atoms with Crippen LogP contribution in [0.1, 0.15) is 30.5 Å². The highest BCUT2D eigenvalue weighted by Gasteiger charge is 2.43. The number of carbonyl (C=O) groups is 1. The molecule has 1 atom stereocenters. The molecule has 2 aliphatic rings. The second-order valence-electron chi connectivity index (χ2n) is 8.75. The van der Waals surface area contributed by atoms with E-state index in [2.05, 4.69) is 14.9 Å². The van der Waals surface area contributed by atoms with E-state index in [1.165, 1.54) is 0 Å². The van der Waals surface area contributed by atoms with Crippen LogP contribution in [-0.2, 0) is 11.2 Å². The summed E-state index contributed by atoms with van der Waals surface area (Å²) in [6.07, 6.45) is 8.16. The van der Waals surface area contributed by atoms with Gasteiger partial charge in [-0.3, -0.25) is 4.79 Å². The van der Waals surface area contributed by atoms with Gasteiger partial charge < -0.3 is 19.3 Å². The van der Waals surface area contributed by atoms with Crippen LogP contribution in [0, 0.1) is 12.3 Å². The van der Waals surface area contributed by atoms with Gasteiger partial charge in [0.2, 0.25) is 5.91 Å². The van der Waals surface area contributed by atoms with Crippen molar-refractivity contribution in [3.8, 4) is 0 Å². The second-order valence-corrected chi connectivity index (χ2v) is 9.62. The minimum absolute atomic E-state index is 0.00282. The highest BCUT2D eigenvalue weighted by Crippen LogP contribution is 2.41. The Balaban J connectivity index is 1.29. The number of pyridine rings is 1. The molecular formula is C22H27N5O2S. The van der Waals surface area contributed by atoms with Crippen LogP contribution in [0.4, 0.5) is 5.13 Å². The maximum Gasteiger partial charge on any atom is 0.228 e. The van der Waals surface area contributed by atoms with Crippen LogP contribution in [-0.4, -0.2) is 62.6 Å². The third-order valence-corrected chi connectivity index (χ3v) is 7.46. The van der Waals surface area contributed by atoms with Gasteiger partial charge in [-0.1, -0.05) is 6.07 Å². The van der Waals surface area contributed by atoms with Crippen LogP contribution in [0.25, 0.3) is 5.65 Å². The number of fused-ring (bicyclic) bond motifs is 1. The molecule has 30 heavy (non-hydrogen) atoms. The first-order valence-corrected chi connectivity index (χ1v) is 11.4. The number of imidazole rings is 1. The van der Waals surface area contributed by atoms with Crippen molar-refractivity contribution < 1.29 is 9.90 Å². The van der Waals surface area contributed by atoms with Crippen LogP contribution in [0.2, 0.25) is 0 Å². The summed E-state index contributed by atoms with van der Waals surface area (Å²) in [5.41, 5.74) is 2.88. The molecule has 0 aliphatic carbocycles. The Kier molecular flexibility index (Phi) is 4.99. The van der Waals surface area contributed by atoms with Gasteiger partial charge >= 0.3 is 0 Å². The maximum atomic E-state index is 13.2. The Bertz CT molecular complexity index is 1040. The molecule has 158 valence electrons. The fourth-order valence-corrected chi connectivity index (χ4v) is 5.75.